The zero-order valence-electron chi connectivity index (χ0n) is 14.4. The molecular weight excluding hydrogens is 356 g/mol. The number of H-pyrrole nitrogens is 1. The number of aromatic nitrogens is 1. The van der Waals surface area contributed by atoms with Crippen LogP contribution in [0.3, 0.4) is 0 Å². The first-order valence-corrected chi connectivity index (χ1v) is 9.32. The minimum absolute atomic E-state index is 0.313. The van der Waals surface area contributed by atoms with Crippen LogP contribution in [0.25, 0.3) is 10.9 Å². The molecule has 1 aliphatic rings. The highest BCUT2D eigenvalue weighted by Crippen LogP contribution is 2.28. The van der Waals surface area contributed by atoms with E-state index in [1.807, 2.05) is 0 Å². The Kier molecular flexibility index (Phi) is 5.84. The van der Waals surface area contributed by atoms with Crippen molar-refractivity contribution in [2.45, 2.75) is 50.7 Å². The number of aromatic amines is 1. The molecule has 0 bridgehead atoms. The molecule has 1 amide bonds. The molecule has 0 unspecified atom stereocenters. The van der Waals surface area contributed by atoms with Gasteiger partial charge in [0.05, 0.1) is 6.04 Å². The van der Waals surface area contributed by atoms with Crippen molar-refractivity contribution in [2.24, 2.45) is 5.92 Å². The van der Waals surface area contributed by atoms with Crippen molar-refractivity contribution in [1.82, 2.24) is 10.3 Å². The molecule has 0 spiro atoms. The molecule has 140 valence electrons. The number of aliphatic hydroxyl groups excluding tert-OH is 1. The highest BCUT2D eigenvalue weighted by atomic mass is 35.5. The van der Waals surface area contributed by atoms with Crippen molar-refractivity contribution in [3.05, 3.63) is 35.0 Å². The van der Waals surface area contributed by atoms with E-state index in [0.717, 1.165) is 36.6 Å². The second kappa shape index (κ2) is 8.10. The van der Waals surface area contributed by atoms with Gasteiger partial charge in [-0.3, -0.25) is 4.79 Å². The van der Waals surface area contributed by atoms with Crippen molar-refractivity contribution >= 4 is 34.4 Å². The van der Waals surface area contributed by atoms with Crippen molar-refractivity contribution in [3.8, 4) is 0 Å². The van der Waals surface area contributed by atoms with Crippen LogP contribution in [-0.2, 0) is 4.79 Å². The first kappa shape index (κ1) is 18.7. The lowest BCUT2D eigenvalue weighted by Gasteiger charge is -2.28. The van der Waals surface area contributed by atoms with Crippen molar-refractivity contribution < 1.29 is 19.8 Å². The molecule has 1 aromatic heterocycles. The van der Waals surface area contributed by atoms with Gasteiger partial charge in [-0.05, 0) is 36.6 Å². The Bertz CT molecular complexity index is 798. The molecule has 4 N–H and O–H groups in total. The summed E-state index contributed by atoms with van der Waals surface area (Å²) in [4.78, 5) is 26.9. The van der Waals surface area contributed by atoms with Crippen LogP contribution < -0.4 is 5.32 Å². The van der Waals surface area contributed by atoms with Gasteiger partial charge in [-0.15, -0.1) is 0 Å². The van der Waals surface area contributed by atoms with Gasteiger partial charge in [0.15, 0.2) is 6.10 Å². The lowest BCUT2D eigenvalue weighted by Crippen LogP contribution is -2.48. The predicted octanol–water partition coefficient (Wildman–Crippen LogP) is 3.34. The number of halogens is 1. The maximum absolute atomic E-state index is 12.6. The Labute approximate surface area is 156 Å². The van der Waals surface area contributed by atoms with E-state index in [2.05, 4.69) is 10.3 Å². The number of fused-ring (bicyclic) bond motifs is 1. The summed E-state index contributed by atoms with van der Waals surface area (Å²) in [6.45, 7) is 0. The van der Waals surface area contributed by atoms with Gasteiger partial charge in [-0.1, -0.05) is 43.7 Å². The van der Waals surface area contributed by atoms with Gasteiger partial charge in [0.25, 0.3) is 5.91 Å². The number of nitrogens with one attached hydrogen (secondary N) is 2. The van der Waals surface area contributed by atoms with Crippen LogP contribution in [-0.4, -0.2) is 39.2 Å². The van der Waals surface area contributed by atoms with Gasteiger partial charge in [0.2, 0.25) is 0 Å². The highest BCUT2D eigenvalue weighted by Gasteiger charge is 2.31. The number of carbonyl (C=O) groups excluding carboxylic acids is 1. The van der Waals surface area contributed by atoms with E-state index < -0.39 is 24.0 Å². The number of amides is 1. The second-order valence-corrected chi connectivity index (χ2v) is 7.45. The van der Waals surface area contributed by atoms with Gasteiger partial charge in [-0.2, -0.15) is 0 Å². The van der Waals surface area contributed by atoms with Crippen LogP contribution in [0.15, 0.2) is 24.3 Å². The average molecular weight is 379 g/mol. The van der Waals surface area contributed by atoms with Gasteiger partial charge in [0, 0.05) is 15.9 Å². The Morgan fingerprint density at radius 2 is 1.96 bits per heavy atom. The molecule has 26 heavy (non-hydrogen) atoms. The van der Waals surface area contributed by atoms with Crippen LogP contribution >= 0.6 is 11.6 Å². The molecule has 0 saturated heterocycles. The number of aliphatic carboxylic acids is 1. The van der Waals surface area contributed by atoms with Gasteiger partial charge < -0.3 is 20.5 Å². The second-order valence-electron chi connectivity index (χ2n) is 7.02. The summed E-state index contributed by atoms with van der Waals surface area (Å²) in [6, 6.07) is 6.09. The van der Waals surface area contributed by atoms with E-state index in [0.29, 0.717) is 23.1 Å². The van der Waals surface area contributed by atoms with E-state index in [1.54, 1.807) is 24.3 Å². The van der Waals surface area contributed by atoms with Crippen molar-refractivity contribution in [2.75, 3.05) is 0 Å². The number of hydrogen-bond acceptors (Lipinski definition) is 3. The van der Waals surface area contributed by atoms with Gasteiger partial charge in [-0.25, -0.2) is 4.79 Å². The van der Waals surface area contributed by atoms with Crippen LogP contribution in [0, 0.1) is 5.92 Å². The highest BCUT2D eigenvalue weighted by molar-refractivity contribution is 6.31. The smallest absolute Gasteiger partial charge is 0.334 e. The number of aliphatic hydroxyl groups is 1. The molecule has 0 aliphatic heterocycles. The largest absolute Gasteiger partial charge is 0.479 e. The molecule has 1 heterocycles. The maximum atomic E-state index is 12.6. The first-order valence-electron chi connectivity index (χ1n) is 8.94. The molecule has 3 rings (SSSR count). The molecule has 7 heteroatoms. The molecule has 1 aromatic carbocycles. The normalized spacial score (nSPS) is 17.8. The summed E-state index contributed by atoms with van der Waals surface area (Å²) in [7, 11) is 0. The number of carboxylic acids is 1. The SMILES string of the molecule is O=C(N[C@@H](CC1CCCCC1)[C@@H](O)C(=O)O)c1cc2cc(Cl)ccc2[nH]1. The fourth-order valence-corrected chi connectivity index (χ4v) is 3.87. The standard InChI is InChI=1S/C19H23ClN2O4/c20-13-6-7-14-12(9-13)10-16(21-14)18(24)22-15(17(23)19(25)26)8-11-4-2-1-3-5-11/h6-7,9-11,15,17,21,23H,1-5,8H2,(H,22,24)(H,25,26)/t15-,17+/m0/s1. The Balaban J connectivity index is 1.75. The van der Waals surface area contributed by atoms with Crippen LogP contribution in [0.5, 0.6) is 0 Å². The maximum Gasteiger partial charge on any atom is 0.334 e. The number of carbonyl (C=O) groups is 2. The Morgan fingerprint density at radius 1 is 1.23 bits per heavy atom. The van der Waals surface area contributed by atoms with Crippen LogP contribution in [0.2, 0.25) is 5.02 Å². The van der Waals surface area contributed by atoms with Crippen LogP contribution in [0.1, 0.15) is 49.0 Å². The molecule has 1 aliphatic carbocycles. The van der Waals surface area contributed by atoms with Gasteiger partial charge >= 0.3 is 5.97 Å². The van der Waals surface area contributed by atoms with E-state index in [-0.39, 0.29) is 0 Å². The van der Waals surface area contributed by atoms with Crippen molar-refractivity contribution in [3.63, 3.8) is 0 Å². The van der Waals surface area contributed by atoms with E-state index in [9.17, 15) is 19.8 Å². The lowest BCUT2D eigenvalue weighted by molar-refractivity contribution is -0.148. The van der Waals surface area contributed by atoms with E-state index in [4.69, 9.17) is 11.6 Å². The molecule has 0 radical (unpaired) electrons. The first-order chi connectivity index (χ1) is 12.4. The Morgan fingerprint density at radius 3 is 2.65 bits per heavy atom. The van der Waals surface area contributed by atoms with Gasteiger partial charge in [0.1, 0.15) is 5.69 Å². The Hall–Kier alpha value is -2.05. The molecule has 2 aromatic rings. The number of benzene rings is 1. The topological polar surface area (TPSA) is 102 Å². The third-order valence-electron chi connectivity index (χ3n) is 5.09. The van der Waals surface area contributed by atoms with Crippen LogP contribution in [0.4, 0.5) is 0 Å². The zero-order chi connectivity index (χ0) is 18.7. The lowest BCUT2D eigenvalue weighted by atomic mass is 9.83. The monoisotopic (exact) mass is 378 g/mol. The number of hydrogen-bond donors (Lipinski definition) is 4. The summed E-state index contributed by atoms with van der Waals surface area (Å²) in [6.07, 6.45) is 4.25. The van der Waals surface area contributed by atoms with E-state index >= 15 is 0 Å². The fourth-order valence-electron chi connectivity index (χ4n) is 3.69. The zero-order valence-corrected chi connectivity index (χ0v) is 15.1. The summed E-state index contributed by atoms with van der Waals surface area (Å²) in [5, 5.41) is 23.3. The fraction of sp³-hybridized carbons (Fsp3) is 0.474. The summed E-state index contributed by atoms with van der Waals surface area (Å²) >= 11 is 5.96. The molecule has 6 nitrogen and oxygen atoms in total. The quantitative estimate of drug-likeness (QED) is 0.619. The summed E-state index contributed by atoms with van der Waals surface area (Å²) < 4.78 is 0. The molecule has 2 atom stereocenters. The number of rotatable bonds is 6. The molecule has 1 saturated carbocycles. The molecular formula is C19H23ClN2O4. The summed E-state index contributed by atoms with van der Waals surface area (Å²) in [5.41, 5.74) is 1.08. The predicted molar refractivity (Wildman–Crippen MR) is 99.4 cm³/mol. The molecule has 1 fully saturated rings. The third kappa shape index (κ3) is 4.37. The third-order valence-corrected chi connectivity index (χ3v) is 5.33. The number of carboxylic acid groups (broad SMARTS) is 1. The van der Waals surface area contributed by atoms with E-state index in [1.165, 1.54) is 6.42 Å². The minimum Gasteiger partial charge on any atom is -0.479 e. The minimum atomic E-state index is -1.63. The van der Waals surface area contributed by atoms with Crippen molar-refractivity contribution in [1.29, 1.82) is 0 Å². The average Bonchev–Trinajstić information content (AvgIpc) is 3.04. The summed E-state index contributed by atoms with van der Waals surface area (Å²) in [5.74, 6) is -1.43.